The summed E-state index contributed by atoms with van der Waals surface area (Å²) in [4.78, 5) is 10.7. The van der Waals surface area contributed by atoms with Crippen LogP contribution in [-0.2, 0) is 4.79 Å². The van der Waals surface area contributed by atoms with Crippen LogP contribution in [0.25, 0.3) is 0 Å². The van der Waals surface area contributed by atoms with Crippen LogP contribution in [0.3, 0.4) is 0 Å². The van der Waals surface area contributed by atoms with E-state index in [1.807, 2.05) is 0 Å². The molecule has 0 rings (SSSR count). The molecule has 0 amide bonds. The first-order valence-corrected chi connectivity index (χ1v) is 3.34. The lowest BCUT2D eigenvalue weighted by molar-refractivity contribution is -0.144. The van der Waals surface area contributed by atoms with E-state index in [1.54, 1.807) is 0 Å². The van der Waals surface area contributed by atoms with E-state index in [4.69, 9.17) is 25.5 Å². The molecule has 5 N–H and O–H groups in total. The quantitative estimate of drug-likeness (QED) is 0.301. The maximum Gasteiger partial charge on any atom is 0.194 e. The van der Waals surface area contributed by atoms with Crippen molar-refractivity contribution in [2.24, 2.45) is 0 Å². The molecule has 0 aromatic heterocycles. The minimum atomic E-state index is -1.86. The van der Waals surface area contributed by atoms with Gasteiger partial charge in [-0.25, -0.2) is 0 Å². The first kappa shape index (κ1) is 11.5. The fraction of sp³-hybridized carbons (Fsp3) is 0.833. The average Bonchev–Trinajstić information content (AvgIpc) is 2.12. The molecule has 0 bridgehead atoms. The summed E-state index contributed by atoms with van der Waals surface area (Å²) >= 11 is 0. The summed E-state index contributed by atoms with van der Waals surface area (Å²) in [6.07, 6.45) is -5.21. The van der Waals surface area contributed by atoms with Crippen molar-refractivity contribution in [3.63, 3.8) is 0 Å². The van der Waals surface area contributed by atoms with Crippen molar-refractivity contribution in [3.05, 3.63) is 0 Å². The van der Waals surface area contributed by atoms with Gasteiger partial charge in [-0.3, -0.25) is 4.79 Å². The number of carbonyl (C=O) groups is 1. The Kier molecular flexibility index (Phi) is 4.95. The number of carbonyl (C=O) groups excluding carboxylic acids is 1. The van der Waals surface area contributed by atoms with Crippen molar-refractivity contribution in [1.82, 2.24) is 0 Å². The van der Waals surface area contributed by atoms with Gasteiger partial charge in [0.05, 0.1) is 13.2 Å². The Morgan fingerprint density at radius 3 is 1.92 bits per heavy atom. The monoisotopic (exact) mass is 180 g/mol. The van der Waals surface area contributed by atoms with Crippen LogP contribution in [0.1, 0.15) is 0 Å². The Labute approximate surface area is 68.7 Å². The van der Waals surface area contributed by atoms with Gasteiger partial charge in [0.1, 0.15) is 18.3 Å². The minimum absolute atomic E-state index is 0.787. The number of hydrogen-bond donors (Lipinski definition) is 5. The summed E-state index contributed by atoms with van der Waals surface area (Å²) in [6.45, 7) is -1.61. The third-order valence-electron chi connectivity index (χ3n) is 1.34. The van der Waals surface area contributed by atoms with Crippen LogP contribution in [0.5, 0.6) is 0 Å². The van der Waals surface area contributed by atoms with Crippen LogP contribution in [-0.4, -0.2) is 62.8 Å². The van der Waals surface area contributed by atoms with Gasteiger partial charge in [-0.05, 0) is 0 Å². The molecular weight excluding hydrogens is 168 g/mol. The van der Waals surface area contributed by atoms with E-state index in [1.165, 1.54) is 0 Å². The Hall–Kier alpha value is -0.530. The van der Waals surface area contributed by atoms with Crippen LogP contribution in [0, 0.1) is 0 Å². The number of ketones is 1. The van der Waals surface area contributed by atoms with Gasteiger partial charge in [-0.1, -0.05) is 0 Å². The van der Waals surface area contributed by atoms with Crippen molar-refractivity contribution in [2.45, 2.75) is 18.3 Å². The lowest BCUT2D eigenvalue weighted by atomic mass is 10.1. The standard InChI is InChI=1S/C6H12O6/c7-1-3(9)5(11)6(12)4(10)2-8/h3-5,7-11H,1-2H2/t3-,4?,5-/m1/s1. The van der Waals surface area contributed by atoms with E-state index in [0.717, 1.165) is 0 Å². The zero-order valence-corrected chi connectivity index (χ0v) is 6.29. The third kappa shape index (κ3) is 2.84. The number of rotatable bonds is 5. The fourth-order valence-corrected chi connectivity index (χ4v) is 0.577. The van der Waals surface area contributed by atoms with Gasteiger partial charge in [-0.2, -0.15) is 0 Å². The molecule has 0 aliphatic heterocycles. The van der Waals surface area contributed by atoms with Crippen molar-refractivity contribution in [1.29, 1.82) is 0 Å². The molecule has 0 aromatic carbocycles. The third-order valence-corrected chi connectivity index (χ3v) is 1.34. The molecule has 0 fully saturated rings. The van der Waals surface area contributed by atoms with E-state index in [9.17, 15) is 4.79 Å². The van der Waals surface area contributed by atoms with Gasteiger partial charge >= 0.3 is 0 Å². The van der Waals surface area contributed by atoms with E-state index in [2.05, 4.69) is 0 Å². The van der Waals surface area contributed by atoms with Gasteiger partial charge in [0, 0.05) is 0 Å². The van der Waals surface area contributed by atoms with Gasteiger partial charge in [0.2, 0.25) is 0 Å². The zero-order valence-electron chi connectivity index (χ0n) is 6.29. The number of hydrogen-bond acceptors (Lipinski definition) is 6. The van der Waals surface area contributed by atoms with E-state index in [0.29, 0.717) is 0 Å². The van der Waals surface area contributed by atoms with E-state index in [-0.39, 0.29) is 0 Å². The predicted octanol–water partition coefficient (Wildman–Crippen LogP) is -3.38. The number of Topliss-reactive ketones (excluding diaryl/α,β-unsaturated/α-hetero) is 1. The second-order valence-electron chi connectivity index (χ2n) is 2.30. The second-order valence-corrected chi connectivity index (χ2v) is 2.30. The Morgan fingerprint density at radius 2 is 1.58 bits per heavy atom. The minimum Gasteiger partial charge on any atom is -0.394 e. The maximum atomic E-state index is 10.7. The van der Waals surface area contributed by atoms with Gasteiger partial charge in [-0.15, -0.1) is 0 Å². The Balaban J connectivity index is 4.09. The summed E-state index contributed by atoms with van der Waals surface area (Å²) in [5.74, 6) is -1.11. The highest BCUT2D eigenvalue weighted by Crippen LogP contribution is 1.98. The molecule has 12 heavy (non-hydrogen) atoms. The summed E-state index contributed by atoms with van der Waals surface area (Å²) in [6, 6.07) is 0. The van der Waals surface area contributed by atoms with Crippen molar-refractivity contribution < 1.29 is 30.3 Å². The molecule has 6 heteroatoms. The van der Waals surface area contributed by atoms with Crippen molar-refractivity contribution in [2.75, 3.05) is 13.2 Å². The normalized spacial score (nSPS) is 18.4. The lowest BCUT2D eigenvalue weighted by Crippen LogP contribution is -2.43. The van der Waals surface area contributed by atoms with Crippen LogP contribution < -0.4 is 0 Å². The first-order chi connectivity index (χ1) is 5.54. The maximum absolute atomic E-state index is 10.7. The first-order valence-electron chi connectivity index (χ1n) is 3.34. The molecule has 0 radical (unpaired) electrons. The Morgan fingerprint density at radius 1 is 1.08 bits per heavy atom. The molecule has 1 unspecified atom stereocenters. The van der Waals surface area contributed by atoms with E-state index < -0.39 is 37.3 Å². The summed E-state index contributed by atoms with van der Waals surface area (Å²) in [5.41, 5.74) is 0. The summed E-state index contributed by atoms with van der Waals surface area (Å²) in [7, 11) is 0. The summed E-state index contributed by atoms with van der Waals surface area (Å²) < 4.78 is 0. The van der Waals surface area contributed by atoms with Crippen LogP contribution >= 0.6 is 0 Å². The fourth-order valence-electron chi connectivity index (χ4n) is 0.577. The Bertz CT molecular complexity index is 147. The van der Waals surface area contributed by atoms with Gasteiger partial charge < -0.3 is 25.5 Å². The predicted molar refractivity (Wildman–Crippen MR) is 37.2 cm³/mol. The number of aliphatic hydroxyl groups excluding tert-OH is 5. The van der Waals surface area contributed by atoms with Crippen molar-refractivity contribution >= 4 is 5.78 Å². The molecule has 0 spiro atoms. The average molecular weight is 180 g/mol. The molecule has 0 aliphatic rings. The molecule has 0 saturated carbocycles. The molecule has 0 heterocycles. The summed E-state index contributed by atoms with van der Waals surface area (Å²) in [5, 5.41) is 42.9. The van der Waals surface area contributed by atoms with Crippen LogP contribution in [0.15, 0.2) is 0 Å². The van der Waals surface area contributed by atoms with Crippen LogP contribution in [0.2, 0.25) is 0 Å². The lowest BCUT2D eigenvalue weighted by Gasteiger charge is -2.16. The van der Waals surface area contributed by atoms with Gasteiger partial charge in [0.15, 0.2) is 5.78 Å². The number of aliphatic hydroxyl groups is 5. The van der Waals surface area contributed by atoms with Crippen LogP contribution in [0.4, 0.5) is 0 Å². The molecule has 72 valence electrons. The van der Waals surface area contributed by atoms with Crippen molar-refractivity contribution in [3.8, 4) is 0 Å². The van der Waals surface area contributed by atoms with Gasteiger partial charge in [0.25, 0.3) is 0 Å². The largest absolute Gasteiger partial charge is 0.394 e. The molecule has 0 saturated heterocycles. The van der Waals surface area contributed by atoms with E-state index >= 15 is 0 Å². The highest BCUT2D eigenvalue weighted by Gasteiger charge is 2.28. The smallest absolute Gasteiger partial charge is 0.194 e. The molecule has 0 aromatic rings. The molecule has 6 nitrogen and oxygen atoms in total. The topological polar surface area (TPSA) is 118 Å². The zero-order chi connectivity index (χ0) is 9.72. The molecular formula is C6H12O6. The SMILES string of the molecule is O=C(C(O)CO)[C@H](O)[C@H](O)CO. The molecule has 3 atom stereocenters. The molecule has 0 aliphatic carbocycles. The highest BCUT2D eigenvalue weighted by atomic mass is 16.4. The highest BCUT2D eigenvalue weighted by molar-refractivity contribution is 5.87. The second kappa shape index (κ2) is 5.18.